The molecule has 3 aromatic heterocycles. The van der Waals surface area contributed by atoms with Crippen LogP contribution in [0.3, 0.4) is 0 Å². The first-order valence-corrected chi connectivity index (χ1v) is 8.41. The van der Waals surface area contributed by atoms with E-state index in [9.17, 15) is 0 Å². The Morgan fingerprint density at radius 2 is 2.15 bits per heavy atom. The van der Waals surface area contributed by atoms with Gasteiger partial charge >= 0.3 is 0 Å². The molecule has 5 heteroatoms. The predicted octanol–water partition coefficient (Wildman–Crippen LogP) is 4.93. The van der Waals surface area contributed by atoms with Gasteiger partial charge in [0.25, 0.3) is 0 Å². The number of anilines is 1. The molecule has 0 fully saturated rings. The van der Waals surface area contributed by atoms with Gasteiger partial charge in [0.15, 0.2) is 0 Å². The van der Waals surface area contributed by atoms with Crippen LogP contribution in [0.1, 0.15) is 34.7 Å². The van der Waals surface area contributed by atoms with Crippen molar-refractivity contribution >= 4 is 38.7 Å². The van der Waals surface area contributed by atoms with Gasteiger partial charge in [-0.25, -0.2) is 9.97 Å². The van der Waals surface area contributed by atoms with Crippen molar-refractivity contribution in [2.45, 2.75) is 33.2 Å². The van der Waals surface area contributed by atoms with E-state index >= 15 is 0 Å². The van der Waals surface area contributed by atoms with Crippen LogP contribution in [0.2, 0.25) is 0 Å². The zero-order valence-electron chi connectivity index (χ0n) is 11.8. The van der Waals surface area contributed by atoms with Crippen LogP contribution < -0.4 is 5.32 Å². The minimum absolute atomic E-state index is 0.313. The molecule has 20 heavy (non-hydrogen) atoms. The summed E-state index contributed by atoms with van der Waals surface area (Å²) in [6, 6.07) is 4.59. The van der Waals surface area contributed by atoms with Gasteiger partial charge < -0.3 is 5.32 Å². The Kier molecular flexibility index (Phi) is 3.72. The van der Waals surface area contributed by atoms with E-state index in [1.807, 2.05) is 0 Å². The third kappa shape index (κ3) is 2.31. The standard InChI is InChI=1S/C15H17N3S2/c1-4-11(12-6-5-7-19-12)18-14-13-9(2)10(3)20-15(13)17-8-16-14/h5-8,11H,4H2,1-3H3,(H,16,17,18). The van der Waals surface area contributed by atoms with Gasteiger partial charge in [0.2, 0.25) is 0 Å². The highest BCUT2D eigenvalue weighted by atomic mass is 32.1. The number of hydrogen-bond donors (Lipinski definition) is 1. The van der Waals surface area contributed by atoms with Crippen molar-refractivity contribution in [3.63, 3.8) is 0 Å². The van der Waals surface area contributed by atoms with Gasteiger partial charge in [-0.15, -0.1) is 22.7 Å². The minimum Gasteiger partial charge on any atom is -0.362 e. The lowest BCUT2D eigenvalue weighted by Gasteiger charge is -2.16. The number of aryl methyl sites for hydroxylation is 2. The monoisotopic (exact) mass is 303 g/mol. The fourth-order valence-electron chi connectivity index (χ4n) is 2.32. The summed E-state index contributed by atoms with van der Waals surface area (Å²) in [5.74, 6) is 0.956. The van der Waals surface area contributed by atoms with E-state index in [0.717, 1.165) is 17.1 Å². The first kappa shape index (κ1) is 13.5. The summed E-state index contributed by atoms with van der Waals surface area (Å²) in [6.45, 7) is 6.48. The highest BCUT2D eigenvalue weighted by Gasteiger charge is 2.16. The third-order valence-electron chi connectivity index (χ3n) is 3.57. The van der Waals surface area contributed by atoms with E-state index < -0.39 is 0 Å². The molecule has 0 aliphatic heterocycles. The second kappa shape index (κ2) is 5.50. The van der Waals surface area contributed by atoms with E-state index in [1.165, 1.54) is 20.7 Å². The topological polar surface area (TPSA) is 37.8 Å². The Balaban J connectivity index is 2.02. The molecule has 0 spiro atoms. The molecule has 0 bridgehead atoms. The van der Waals surface area contributed by atoms with E-state index in [-0.39, 0.29) is 0 Å². The lowest BCUT2D eigenvalue weighted by Crippen LogP contribution is -2.09. The Bertz CT molecular complexity index is 716. The molecule has 0 aliphatic rings. The summed E-state index contributed by atoms with van der Waals surface area (Å²) in [7, 11) is 0. The molecule has 0 aliphatic carbocycles. The van der Waals surface area contributed by atoms with Gasteiger partial charge in [0.05, 0.1) is 11.4 Å². The van der Waals surface area contributed by atoms with Crippen molar-refractivity contribution in [3.8, 4) is 0 Å². The first-order chi connectivity index (χ1) is 9.70. The number of aromatic nitrogens is 2. The van der Waals surface area contributed by atoms with Crippen molar-refractivity contribution in [1.82, 2.24) is 9.97 Å². The first-order valence-electron chi connectivity index (χ1n) is 6.71. The minimum atomic E-state index is 0.313. The Labute approximate surface area is 126 Å². The summed E-state index contributed by atoms with van der Waals surface area (Å²) in [5, 5.41) is 6.89. The van der Waals surface area contributed by atoms with Crippen LogP contribution in [0.5, 0.6) is 0 Å². The van der Waals surface area contributed by atoms with Gasteiger partial charge in [0.1, 0.15) is 17.0 Å². The number of nitrogens with one attached hydrogen (secondary N) is 1. The second-order valence-electron chi connectivity index (χ2n) is 4.81. The zero-order chi connectivity index (χ0) is 14.1. The van der Waals surface area contributed by atoms with Crippen molar-refractivity contribution in [3.05, 3.63) is 39.2 Å². The fraction of sp³-hybridized carbons (Fsp3) is 0.333. The number of fused-ring (bicyclic) bond motifs is 1. The van der Waals surface area contributed by atoms with E-state index in [2.05, 4.69) is 53.6 Å². The summed E-state index contributed by atoms with van der Waals surface area (Å²) < 4.78 is 0. The summed E-state index contributed by atoms with van der Waals surface area (Å²) in [5.41, 5.74) is 1.29. The maximum Gasteiger partial charge on any atom is 0.138 e. The molecule has 3 heterocycles. The van der Waals surface area contributed by atoms with Crippen molar-refractivity contribution in [2.24, 2.45) is 0 Å². The van der Waals surface area contributed by atoms with Gasteiger partial charge in [-0.3, -0.25) is 0 Å². The molecule has 0 amide bonds. The summed E-state index contributed by atoms with van der Waals surface area (Å²) in [4.78, 5) is 12.6. The highest BCUT2D eigenvalue weighted by molar-refractivity contribution is 7.18. The van der Waals surface area contributed by atoms with Gasteiger partial charge in [0, 0.05) is 9.75 Å². The normalized spacial score (nSPS) is 12.8. The Morgan fingerprint density at radius 1 is 1.30 bits per heavy atom. The van der Waals surface area contributed by atoms with Crippen LogP contribution in [0.4, 0.5) is 5.82 Å². The molecule has 1 N–H and O–H groups in total. The van der Waals surface area contributed by atoms with Crippen LogP contribution in [-0.4, -0.2) is 9.97 Å². The lowest BCUT2D eigenvalue weighted by atomic mass is 10.1. The molecule has 1 atom stereocenters. The molecule has 3 nitrogen and oxygen atoms in total. The Morgan fingerprint density at radius 3 is 2.85 bits per heavy atom. The Hall–Kier alpha value is -1.46. The molecule has 0 saturated carbocycles. The quantitative estimate of drug-likeness (QED) is 0.742. The third-order valence-corrected chi connectivity index (χ3v) is 5.67. The van der Waals surface area contributed by atoms with E-state index in [4.69, 9.17) is 0 Å². The predicted molar refractivity (Wildman–Crippen MR) is 87.9 cm³/mol. The van der Waals surface area contributed by atoms with Crippen LogP contribution in [0.15, 0.2) is 23.8 Å². The molecule has 104 valence electrons. The van der Waals surface area contributed by atoms with E-state index in [0.29, 0.717) is 6.04 Å². The van der Waals surface area contributed by atoms with Crippen molar-refractivity contribution < 1.29 is 0 Å². The molecule has 0 aromatic carbocycles. The van der Waals surface area contributed by atoms with Crippen LogP contribution in [0, 0.1) is 13.8 Å². The van der Waals surface area contributed by atoms with Gasteiger partial charge in [-0.05, 0) is 37.3 Å². The van der Waals surface area contributed by atoms with Crippen molar-refractivity contribution in [2.75, 3.05) is 5.32 Å². The molecule has 3 aromatic rings. The summed E-state index contributed by atoms with van der Waals surface area (Å²) >= 11 is 3.52. The average molecular weight is 303 g/mol. The molecular weight excluding hydrogens is 286 g/mol. The second-order valence-corrected chi connectivity index (χ2v) is 6.99. The molecule has 0 saturated heterocycles. The average Bonchev–Trinajstić information content (AvgIpc) is 3.06. The zero-order valence-corrected chi connectivity index (χ0v) is 13.4. The lowest BCUT2D eigenvalue weighted by molar-refractivity contribution is 0.760. The number of rotatable bonds is 4. The number of nitrogens with zero attached hydrogens (tertiary/aromatic N) is 2. The van der Waals surface area contributed by atoms with Crippen LogP contribution >= 0.6 is 22.7 Å². The van der Waals surface area contributed by atoms with Crippen LogP contribution in [0.25, 0.3) is 10.2 Å². The van der Waals surface area contributed by atoms with Crippen molar-refractivity contribution in [1.29, 1.82) is 0 Å². The highest BCUT2D eigenvalue weighted by Crippen LogP contribution is 2.35. The smallest absolute Gasteiger partial charge is 0.138 e. The number of thiophene rings is 2. The van der Waals surface area contributed by atoms with E-state index in [1.54, 1.807) is 29.0 Å². The summed E-state index contributed by atoms with van der Waals surface area (Å²) in [6.07, 6.45) is 2.69. The molecule has 1 unspecified atom stereocenters. The number of hydrogen-bond acceptors (Lipinski definition) is 5. The largest absolute Gasteiger partial charge is 0.362 e. The molecular formula is C15H17N3S2. The van der Waals surface area contributed by atoms with Gasteiger partial charge in [-0.1, -0.05) is 13.0 Å². The maximum atomic E-state index is 4.47. The maximum absolute atomic E-state index is 4.47. The van der Waals surface area contributed by atoms with Gasteiger partial charge in [-0.2, -0.15) is 0 Å². The molecule has 0 radical (unpaired) electrons. The van der Waals surface area contributed by atoms with Crippen LogP contribution in [-0.2, 0) is 0 Å². The molecule has 3 rings (SSSR count). The SMILES string of the molecule is CCC(Nc1ncnc2sc(C)c(C)c12)c1cccs1. The fourth-order valence-corrected chi connectivity index (χ4v) is 4.18.